The number of hydrogen-bond acceptors (Lipinski definition) is 4. The summed E-state index contributed by atoms with van der Waals surface area (Å²) in [6.45, 7) is 3.70. The molecular weight excluding hydrogens is 291 g/mol. The second-order valence-corrected chi connectivity index (χ2v) is 6.82. The number of carbonyl (C=O) groups excluding carboxylic acids is 2. The third-order valence-electron chi connectivity index (χ3n) is 5.19. The predicted molar refractivity (Wildman–Crippen MR) is 88.9 cm³/mol. The zero-order valence-corrected chi connectivity index (χ0v) is 14.1. The van der Waals surface area contributed by atoms with Gasteiger partial charge in [-0.1, -0.05) is 25.5 Å². The molecule has 0 aromatic carbocycles. The van der Waals surface area contributed by atoms with Crippen molar-refractivity contribution in [3.63, 3.8) is 0 Å². The molecule has 0 spiro atoms. The molecule has 2 saturated heterocycles. The van der Waals surface area contributed by atoms with Gasteiger partial charge in [0.05, 0.1) is 12.5 Å². The van der Waals surface area contributed by atoms with E-state index in [1.165, 1.54) is 0 Å². The zero-order chi connectivity index (χ0) is 16.7. The predicted octanol–water partition coefficient (Wildman–Crippen LogP) is 2.54. The molecule has 0 saturated carbocycles. The van der Waals surface area contributed by atoms with Crippen LogP contribution in [0, 0.1) is 23.1 Å². The van der Waals surface area contributed by atoms with Gasteiger partial charge in [0, 0.05) is 25.5 Å². The van der Waals surface area contributed by atoms with E-state index in [0.717, 1.165) is 51.3 Å². The van der Waals surface area contributed by atoms with E-state index in [2.05, 4.69) is 5.97 Å². The Balaban J connectivity index is 1.73. The first-order valence-electron chi connectivity index (χ1n) is 8.98. The first-order chi connectivity index (χ1) is 11.1. The number of esters is 1. The standard InChI is InChI=1S/C17H27BN2O3/c1-2-23-17(22)15-4-3-11-20(12-15)16(21)6-5-14-7-9-18(13-19)10-8-14/h14-15H,2-12H2,1H3. The monoisotopic (exact) mass is 318 g/mol. The largest absolute Gasteiger partial charge is 0.466 e. The summed E-state index contributed by atoms with van der Waals surface area (Å²) < 4.78 is 5.08. The first-order valence-corrected chi connectivity index (χ1v) is 8.98. The van der Waals surface area contributed by atoms with Gasteiger partial charge in [-0.25, -0.2) is 5.26 Å². The molecule has 0 aliphatic carbocycles. The van der Waals surface area contributed by atoms with Gasteiger partial charge in [-0.05, 0) is 32.1 Å². The highest BCUT2D eigenvalue weighted by Crippen LogP contribution is 2.29. The average molecular weight is 318 g/mol. The maximum atomic E-state index is 12.4. The van der Waals surface area contributed by atoms with Crippen molar-refractivity contribution in [2.75, 3.05) is 19.7 Å². The van der Waals surface area contributed by atoms with E-state index in [-0.39, 0.29) is 24.5 Å². The summed E-state index contributed by atoms with van der Waals surface area (Å²) in [7, 11) is 0. The number of likely N-dealkylation sites (tertiary alicyclic amines) is 1. The number of carbonyl (C=O) groups is 2. The van der Waals surface area contributed by atoms with Crippen LogP contribution >= 0.6 is 0 Å². The van der Waals surface area contributed by atoms with Crippen LogP contribution in [0.5, 0.6) is 0 Å². The van der Waals surface area contributed by atoms with Gasteiger partial charge >= 0.3 is 5.97 Å². The molecule has 1 amide bonds. The van der Waals surface area contributed by atoms with Gasteiger partial charge < -0.3 is 9.64 Å². The van der Waals surface area contributed by atoms with E-state index in [4.69, 9.17) is 10.00 Å². The molecule has 1 unspecified atom stereocenters. The molecule has 2 aliphatic rings. The van der Waals surface area contributed by atoms with Crippen molar-refractivity contribution in [3.8, 4) is 5.97 Å². The van der Waals surface area contributed by atoms with Crippen molar-refractivity contribution in [1.82, 2.24) is 4.90 Å². The lowest BCUT2D eigenvalue weighted by Crippen LogP contribution is -2.42. The van der Waals surface area contributed by atoms with Crippen LogP contribution in [-0.2, 0) is 14.3 Å². The van der Waals surface area contributed by atoms with E-state index >= 15 is 0 Å². The number of nitriles is 1. The number of rotatable bonds is 5. The normalized spacial score (nSPS) is 22.5. The van der Waals surface area contributed by atoms with Gasteiger partial charge in [0.25, 0.3) is 6.71 Å². The van der Waals surface area contributed by atoms with Gasteiger partial charge in [-0.3, -0.25) is 9.59 Å². The minimum Gasteiger partial charge on any atom is -0.466 e. The lowest BCUT2D eigenvalue weighted by atomic mass is 9.41. The fourth-order valence-corrected chi connectivity index (χ4v) is 3.72. The van der Waals surface area contributed by atoms with Crippen molar-refractivity contribution < 1.29 is 14.3 Å². The Bertz CT molecular complexity index is 455. The molecule has 2 aliphatic heterocycles. The SMILES string of the molecule is CCOC(=O)C1CCCN(C(=O)CCC2CCB(C#N)CC2)C1. The molecule has 23 heavy (non-hydrogen) atoms. The summed E-state index contributed by atoms with van der Waals surface area (Å²) >= 11 is 0. The molecule has 2 rings (SSSR count). The molecule has 0 N–H and O–H groups in total. The van der Waals surface area contributed by atoms with E-state index in [9.17, 15) is 9.59 Å². The lowest BCUT2D eigenvalue weighted by molar-refractivity contribution is -0.151. The fourth-order valence-electron chi connectivity index (χ4n) is 3.72. The Hall–Kier alpha value is -1.51. The van der Waals surface area contributed by atoms with Gasteiger partial charge in [0.2, 0.25) is 5.91 Å². The van der Waals surface area contributed by atoms with Crippen molar-refractivity contribution in [3.05, 3.63) is 0 Å². The van der Waals surface area contributed by atoms with E-state index in [0.29, 0.717) is 25.5 Å². The van der Waals surface area contributed by atoms with E-state index < -0.39 is 0 Å². The van der Waals surface area contributed by atoms with Gasteiger partial charge in [-0.15, -0.1) is 0 Å². The molecule has 0 aromatic heterocycles. The molecule has 2 fully saturated rings. The lowest BCUT2D eigenvalue weighted by Gasteiger charge is -2.32. The highest BCUT2D eigenvalue weighted by molar-refractivity contribution is 6.67. The molecule has 2 heterocycles. The zero-order valence-electron chi connectivity index (χ0n) is 14.1. The molecule has 1 atom stereocenters. The molecule has 0 radical (unpaired) electrons. The summed E-state index contributed by atoms with van der Waals surface area (Å²) in [6.07, 6.45) is 7.26. The topological polar surface area (TPSA) is 70.4 Å². The summed E-state index contributed by atoms with van der Waals surface area (Å²) in [5.74, 6) is 2.77. The summed E-state index contributed by atoms with van der Waals surface area (Å²) in [4.78, 5) is 26.1. The van der Waals surface area contributed by atoms with Crippen LogP contribution in [0.3, 0.4) is 0 Å². The smallest absolute Gasteiger partial charge is 0.310 e. The number of ether oxygens (including phenoxy) is 1. The highest BCUT2D eigenvalue weighted by atomic mass is 16.5. The second kappa shape index (κ2) is 8.95. The van der Waals surface area contributed by atoms with Crippen LogP contribution in [0.1, 0.15) is 45.4 Å². The molecule has 0 aromatic rings. The highest BCUT2D eigenvalue weighted by Gasteiger charge is 2.30. The minimum atomic E-state index is -0.167. The Morgan fingerprint density at radius 3 is 2.70 bits per heavy atom. The maximum absolute atomic E-state index is 12.4. The molecule has 5 nitrogen and oxygen atoms in total. The van der Waals surface area contributed by atoms with Crippen molar-refractivity contribution in [2.24, 2.45) is 11.8 Å². The summed E-state index contributed by atoms with van der Waals surface area (Å²) in [5, 5.41) is 8.92. The van der Waals surface area contributed by atoms with Crippen LogP contribution in [0.2, 0.25) is 12.6 Å². The van der Waals surface area contributed by atoms with Gasteiger partial charge in [0.1, 0.15) is 0 Å². The number of piperidine rings is 1. The number of nitrogens with zero attached hydrogens (tertiary/aromatic N) is 2. The molecular formula is C17H27BN2O3. The minimum absolute atomic E-state index is 0.154. The second-order valence-electron chi connectivity index (χ2n) is 6.82. The molecule has 6 heteroatoms. The van der Waals surface area contributed by atoms with Crippen LogP contribution in [0.4, 0.5) is 0 Å². The van der Waals surface area contributed by atoms with Gasteiger partial charge in [0.15, 0.2) is 0 Å². The average Bonchev–Trinajstić information content (AvgIpc) is 2.60. The van der Waals surface area contributed by atoms with Gasteiger partial charge in [-0.2, -0.15) is 0 Å². The Labute approximate surface area is 139 Å². The Morgan fingerprint density at radius 1 is 1.30 bits per heavy atom. The van der Waals surface area contributed by atoms with Crippen LogP contribution in [-0.4, -0.2) is 43.2 Å². The quantitative estimate of drug-likeness (QED) is 0.577. The number of hydrogen-bond donors (Lipinski definition) is 0. The summed E-state index contributed by atoms with van der Waals surface area (Å²) in [5.41, 5.74) is 0. The Kier molecular flexibility index (Phi) is 6.95. The van der Waals surface area contributed by atoms with Crippen molar-refractivity contribution in [1.29, 1.82) is 5.26 Å². The van der Waals surface area contributed by atoms with Crippen molar-refractivity contribution >= 4 is 18.6 Å². The number of amides is 1. The van der Waals surface area contributed by atoms with Crippen molar-refractivity contribution in [2.45, 2.75) is 58.1 Å². The molecule has 0 bridgehead atoms. The van der Waals surface area contributed by atoms with E-state index in [1.54, 1.807) is 0 Å². The van der Waals surface area contributed by atoms with Crippen LogP contribution in [0.15, 0.2) is 0 Å². The van der Waals surface area contributed by atoms with Crippen LogP contribution < -0.4 is 0 Å². The maximum Gasteiger partial charge on any atom is 0.310 e. The van der Waals surface area contributed by atoms with E-state index in [1.807, 2.05) is 11.8 Å². The molecule has 126 valence electrons. The third kappa shape index (κ3) is 5.26. The fraction of sp³-hybridized carbons (Fsp3) is 0.824. The summed E-state index contributed by atoms with van der Waals surface area (Å²) in [6, 6.07) is 0. The van der Waals surface area contributed by atoms with Crippen LogP contribution in [0.25, 0.3) is 0 Å². The first kappa shape index (κ1) is 17.8. The Morgan fingerprint density at radius 2 is 2.04 bits per heavy atom. The third-order valence-corrected chi connectivity index (χ3v) is 5.19.